The van der Waals surface area contributed by atoms with Gasteiger partial charge in [0.15, 0.2) is 0 Å². The summed E-state index contributed by atoms with van der Waals surface area (Å²) < 4.78 is 0. The topological polar surface area (TPSA) is 68.1 Å². The fourth-order valence-corrected chi connectivity index (χ4v) is 2.02. The van der Waals surface area contributed by atoms with Crippen LogP contribution in [-0.4, -0.2) is 15.4 Å². The van der Waals surface area contributed by atoms with Crippen LogP contribution in [-0.2, 0) is 6.54 Å². The van der Waals surface area contributed by atoms with Crippen molar-refractivity contribution in [3.05, 3.63) is 33.1 Å². The Kier molecular flexibility index (Phi) is 5.00. The predicted molar refractivity (Wildman–Crippen MR) is 76.2 cm³/mol. The van der Waals surface area contributed by atoms with Gasteiger partial charge < -0.3 is 5.32 Å². The van der Waals surface area contributed by atoms with Crippen molar-refractivity contribution in [1.29, 1.82) is 0 Å². The Morgan fingerprint density at radius 3 is 2.42 bits per heavy atom. The Bertz CT molecular complexity index is 468. The summed E-state index contributed by atoms with van der Waals surface area (Å²) in [4.78, 5) is 15.1. The summed E-state index contributed by atoms with van der Waals surface area (Å²) >= 11 is 0. The van der Waals surface area contributed by atoms with E-state index in [1.807, 2.05) is 0 Å². The zero-order chi connectivity index (χ0) is 14.6. The SMILES string of the molecule is CCC(C)(CC)NCc1ncc(C)c([N+](=O)[O-])c1C. The molecule has 0 saturated heterocycles. The minimum Gasteiger partial charge on any atom is -0.306 e. The maximum atomic E-state index is 11.1. The van der Waals surface area contributed by atoms with Crippen molar-refractivity contribution >= 4 is 5.69 Å². The molecular formula is C14H23N3O2. The third-order valence-electron chi connectivity index (χ3n) is 4.00. The summed E-state index contributed by atoms with van der Waals surface area (Å²) in [5.41, 5.74) is 2.26. The number of hydrogen-bond acceptors (Lipinski definition) is 4. The highest BCUT2D eigenvalue weighted by Gasteiger charge is 2.22. The van der Waals surface area contributed by atoms with Gasteiger partial charge in [-0.3, -0.25) is 15.1 Å². The summed E-state index contributed by atoms with van der Waals surface area (Å²) in [6.07, 6.45) is 3.60. The molecule has 106 valence electrons. The lowest BCUT2D eigenvalue weighted by atomic mass is 9.95. The molecule has 1 aromatic heterocycles. The fourth-order valence-electron chi connectivity index (χ4n) is 2.02. The van der Waals surface area contributed by atoms with Crippen molar-refractivity contribution in [2.75, 3.05) is 0 Å². The van der Waals surface area contributed by atoms with Crippen molar-refractivity contribution in [2.45, 2.75) is 59.5 Å². The van der Waals surface area contributed by atoms with Crippen molar-refractivity contribution in [3.8, 4) is 0 Å². The molecule has 5 heteroatoms. The number of aromatic nitrogens is 1. The van der Waals surface area contributed by atoms with Crippen LogP contribution in [0.1, 0.15) is 50.4 Å². The van der Waals surface area contributed by atoms with Crippen molar-refractivity contribution in [2.24, 2.45) is 0 Å². The number of rotatable bonds is 6. The molecule has 0 amide bonds. The van der Waals surface area contributed by atoms with Crippen LogP contribution in [0.5, 0.6) is 0 Å². The number of nitro groups is 1. The van der Waals surface area contributed by atoms with E-state index in [0.29, 0.717) is 17.7 Å². The van der Waals surface area contributed by atoms with Gasteiger partial charge in [-0.25, -0.2) is 0 Å². The highest BCUT2D eigenvalue weighted by molar-refractivity contribution is 5.47. The summed E-state index contributed by atoms with van der Waals surface area (Å²) in [6, 6.07) is 0. The Morgan fingerprint density at radius 1 is 1.37 bits per heavy atom. The van der Waals surface area contributed by atoms with E-state index >= 15 is 0 Å². The van der Waals surface area contributed by atoms with Crippen LogP contribution in [0.25, 0.3) is 0 Å². The Labute approximate surface area is 114 Å². The monoisotopic (exact) mass is 265 g/mol. The zero-order valence-electron chi connectivity index (χ0n) is 12.4. The van der Waals surface area contributed by atoms with Crippen LogP contribution in [0.2, 0.25) is 0 Å². The smallest absolute Gasteiger partial charge is 0.278 e. The average Bonchev–Trinajstić information content (AvgIpc) is 2.37. The molecule has 0 aliphatic heterocycles. The molecule has 1 heterocycles. The van der Waals surface area contributed by atoms with Gasteiger partial charge in [0.1, 0.15) is 0 Å². The third-order valence-corrected chi connectivity index (χ3v) is 4.00. The lowest BCUT2D eigenvalue weighted by Gasteiger charge is -2.28. The maximum Gasteiger partial charge on any atom is 0.278 e. The molecule has 1 rings (SSSR count). The van der Waals surface area contributed by atoms with Crippen molar-refractivity contribution in [1.82, 2.24) is 10.3 Å². The number of nitrogens with zero attached hydrogens (tertiary/aromatic N) is 2. The molecule has 1 N–H and O–H groups in total. The molecule has 0 aliphatic rings. The van der Waals surface area contributed by atoms with Crippen LogP contribution in [0.15, 0.2) is 6.20 Å². The van der Waals surface area contributed by atoms with Gasteiger partial charge in [-0.05, 0) is 33.6 Å². The van der Waals surface area contributed by atoms with Gasteiger partial charge in [0.25, 0.3) is 5.69 Å². The zero-order valence-corrected chi connectivity index (χ0v) is 12.4. The molecule has 0 spiro atoms. The van der Waals surface area contributed by atoms with Crippen LogP contribution in [0.3, 0.4) is 0 Å². The molecule has 0 saturated carbocycles. The summed E-state index contributed by atoms with van der Waals surface area (Å²) in [6.45, 7) is 10.5. The van der Waals surface area contributed by atoms with Gasteiger partial charge in [0, 0.05) is 29.4 Å². The first-order valence-corrected chi connectivity index (χ1v) is 6.69. The van der Waals surface area contributed by atoms with E-state index in [9.17, 15) is 10.1 Å². The van der Waals surface area contributed by atoms with E-state index in [1.54, 1.807) is 20.0 Å². The molecular weight excluding hydrogens is 242 g/mol. The van der Waals surface area contributed by atoms with Crippen LogP contribution < -0.4 is 5.32 Å². The second kappa shape index (κ2) is 6.10. The van der Waals surface area contributed by atoms with Crippen LogP contribution in [0.4, 0.5) is 5.69 Å². The molecule has 0 fully saturated rings. The first kappa shape index (κ1) is 15.6. The first-order chi connectivity index (χ1) is 8.84. The van der Waals surface area contributed by atoms with E-state index in [-0.39, 0.29) is 16.1 Å². The van der Waals surface area contributed by atoms with E-state index in [4.69, 9.17) is 0 Å². The maximum absolute atomic E-state index is 11.1. The van der Waals surface area contributed by atoms with Gasteiger partial charge in [0.05, 0.1) is 10.6 Å². The van der Waals surface area contributed by atoms with Crippen molar-refractivity contribution in [3.63, 3.8) is 0 Å². The highest BCUT2D eigenvalue weighted by atomic mass is 16.6. The predicted octanol–water partition coefficient (Wildman–Crippen LogP) is 3.27. The lowest BCUT2D eigenvalue weighted by molar-refractivity contribution is -0.386. The molecule has 0 aromatic carbocycles. The molecule has 1 aromatic rings. The number of nitrogens with one attached hydrogen (secondary N) is 1. The molecule has 0 aliphatic carbocycles. The number of hydrogen-bond donors (Lipinski definition) is 1. The van der Waals surface area contributed by atoms with Crippen LogP contribution >= 0.6 is 0 Å². The second-order valence-corrected chi connectivity index (χ2v) is 5.24. The van der Waals surface area contributed by atoms with E-state index in [0.717, 1.165) is 18.5 Å². The average molecular weight is 265 g/mol. The molecule has 0 unspecified atom stereocenters. The molecule has 0 radical (unpaired) electrons. The third kappa shape index (κ3) is 3.50. The summed E-state index contributed by atoms with van der Waals surface area (Å²) in [5, 5.41) is 14.5. The largest absolute Gasteiger partial charge is 0.306 e. The van der Waals surface area contributed by atoms with Gasteiger partial charge in [-0.1, -0.05) is 13.8 Å². The number of pyridine rings is 1. The van der Waals surface area contributed by atoms with E-state index in [1.165, 1.54) is 0 Å². The van der Waals surface area contributed by atoms with Crippen LogP contribution in [0, 0.1) is 24.0 Å². The van der Waals surface area contributed by atoms with Gasteiger partial charge in [-0.15, -0.1) is 0 Å². The Hall–Kier alpha value is -1.49. The first-order valence-electron chi connectivity index (χ1n) is 6.69. The standard InChI is InChI=1S/C14H23N3O2/c1-6-14(5,7-2)16-9-12-11(4)13(17(18)19)10(3)8-15-12/h8,16H,6-7,9H2,1-5H3. The number of aryl methyl sites for hydroxylation is 1. The molecule has 19 heavy (non-hydrogen) atoms. The quantitative estimate of drug-likeness (QED) is 0.633. The molecule has 5 nitrogen and oxygen atoms in total. The van der Waals surface area contributed by atoms with Gasteiger partial charge >= 0.3 is 0 Å². The van der Waals surface area contributed by atoms with E-state index < -0.39 is 0 Å². The van der Waals surface area contributed by atoms with E-state index in [2.05, 4.69) is 31.1 Å². The van der Waals surface area contributed by atoms with Gasteiger partial charge in [-0.2, -0.15) is 0 Å². The normalized spacial score (nSPS) is 11.6. The van der Waals surface area contributed by atoms with Crippen molar-refractivity contribution < 1.29 is 4.92 Å². The fraction of sp³-hybridized carbons (Fsp3) is 0.643. The Balaban J connectivity index is 2.98. The molecule has 0 atom stereocenters. The molecule has 0 bridgehead atoms. The minimum absolute atomic E-state index is 0.0494. The van der Waals surface area contributed by atoms with Gasteiger partial charge in [0.2, 0.25) is 0 Å². The summed E-state index contributed by atoms with van der Waals surface area (Å²) in [7, 11) is 0. The lowest BCUT2D eigenvalue weighted by Crippen LogP contribution is -2.40. The highest BCUT2D eigenvalue weighted by Crippen LogP contribution is 2.24. The Morgan fingerprint density at radius 2 is 1.95 bits per heavy atom. The summed E-state index contributed by atoms with van der Waals surface area (Å²) in [5.74, 6) is 0. The second-order valence-electron chi connectivity index (χ2n) is 5.24. The minimum atomic E-state index is -0.325.